The highest BCUT2D eigenvalue weighted by Crippen LogP contribution is 2.10. The van der Waals surface area contributed by atoms with E-state index in [1.807, 2.05) is 0 Å². The lowest BCUT2D eigenvalue weighted by Crippen LogP contribution is -2.50. The van der Waals surface area contributed by atoms with Crippen LogP contribution in [0.25, 0.3) is 0 Å². The SMILES string of the molecule is NC[C@H](NC(=O)c1ccc(C#Cc2ccc(NC(=O)CNCCc3ccc(F)cc3)cc2)cc1)C(=O)NO. The quantitative estimate of drug-likeness (QED) is 0.104. The zero-order valence-electron chi connectivity index (χ0n) is 20.5. The summed E-state index contributed by atoms with van der Waals surface area (Å²) in [5.41, 5.74) is 10.2. The highest BCUT2D eigenvalue weighted by Gasteiger charge is 2.19. The maximum Gasteiger partial charge on any atom is 0.267 e. The number of nitrogens with one attached hydrogen (secondary N) is 4. The molecule has 0 radical (unpaired) electrons. The Morgan fingerprint density at radius 3 is 2.08 bits per heavy atom. The predicted molar refractivity (Wildman–Crippen MR) is 141 cm³/mol. The summed E-state index contributed by atoms with van der Waals surface area (Å²) in [5.74, 6) is 4.26. The van der Waals surface area contributed by atoms with E-state index >= 15 is 0 Å². The minimum Gasteiger partial charge on any atom is -0.339 e. The molecule has 3 rings (SSSR count). The smallest absolute Gasteiger partial charge is 0.267 e. The molecule has 0 fully saturated rings. The largest absolute Gasteiger partial charge is 0.339 e. The number of benzene rings is 3. The molecule has 0 spiro atoms. The molecule has 9 nitrogen and oxygen atoms in total. The van der Waals surface area contributed by atoms with E-state index in [0.29, 0.717) is 29.8 Å². The van der Waals surface area contributed by atoms with Crippen molar-refractivity contribution in [3.63, 3.8) is 0 Å². The van der Waals surface area contributed by atoms with Gasteiger partial charge in [-0.05, 0) is 79.2 Å². The summed E-state index contributed by atoms with van der Waals surface area (Å²) in [4.78, 5) is 35.9. The van der Waals surface area contributed by atoms with Gasteiger partial charge in [0.05, 0.1) is 6.54 Å². The predicted octanol–water partition coefficient (Wildman–Crippen LogP) is 1.56. The molecule has 7 N–H and O–H groups in total. The van der Waals surface area contributed by atoms with Gasteiger partial charge in [0.2, 0.25) is 5.91 Å². The van der Waals surface area contributed by atoms with Gasteiger partial charge in [0.15, 0.2) is 0 Å². The first-order chi connectivity index (χ1) is 18.4. The van der Waals surface area contributed by atoms with Gasteiger partial charge >= 0.3 is 0 Å². The first-order valence-corrected chi connectivity index (χ1v) is 11.8. The molecule has 0 saturated carbocycles. The Labute approximate surface area is 219 Å². The second-order valence-electron chi connectivity index (χ2n) is 8.24. The van der Waals surface area contributed by atoms with E-state index in [1.54, 1.807) is 60.7 Å². The summed E-state index contributed by atoms with van der Waals surface area (Å²) >= 11 is 0. The first-order valence-electron chi connectivity index (χ1n) is 11.8. The number of rotatable bonds is 10. The van der Waals surface area contributed by atoms with Gasteiger partial charge < -0.3 is 21.7 Å². The van der Waals surface area contributed by atoms with Gasteiger partial charge in [-0.25, -0.2) is 9.87 Å². The van der Waals surface area contributed by atoms with Crippen LogP contribution in [-0.2, 0) is 16.0 Å². The van der Waals surface area contributed by atoms with E-state index in [1.165, 1.54) is 17.6 Å². The summed E-state index contributed by atoms with van der Waals surface area (Å²) in [7, 11) is 0. The van der Waals surface area contributed by atoms with Crippen LogP contribution in [0.3, 0.4) is 0 Å². The van der Waals surface area contributed by atoms with Gasteiger partial charge in [0.25, 0.3) is 11.8 Å². The van der Waals surface area contributed by atoms with E-state index in [4.69, 9.17) is 10.9 Å². The molecular weight excluding hydrogens is 489 g/mol. The van der Waals surface area contributed by atoms with Crippen molar-refractivity contribution in [2.75, 3.05) is 25.0 Å². The molecule has 38 heavy (non-hydrogen) atoms. The van der Waals surface area contributed by atoms with Gasteiger partial charge in [-0.1, -0.05) is 24.0 Å². The molecule has 3 aromatic carbocycles. The topological polar surface area (TPSA) is 146 Å². The van der Waals surface area contributed by atoms with E-state index < -0.39 is 17.9 Å². The Morgan fingerprint density at radius 1 is 0.895 bits per heavy atom. The average molecular weight is 518 g/mol. The fourth-order valence-corrected chi connectivity index (χ4v) is 3.33. The normalized spacial score (nSPS) is 11.0. The third-order valence-electron chi connectivity index (χ3n) is 5.42. The van der Waals surface area contributed by atoms with E-state index in [9.17, 15) is 18.8 Å². The Bertz CT molecular complexity index is 1300. The van der Waals surface area contributed by atoms with Crippen LogP contribution in [0.5, 0.6) is 0 Å². The number of hydrogen-bond acceptors (Lipinski definition) is 6. The number of amides is 3. The zero-order chi connectivity index (χ0) is 27.3. The van der Waals surface area contributed by atoms with Gasteiger partial charge in [-0.2, -0.15) is 0 Å². The Hall–Kier alpha value is -4.56. The zero-order valence-corrected chi connectivity index (χ0v) is 20.5. The first kappa shape index (κ1) is 28.0. The van der Waals surface area contributed by atoms with E-state index in [2.05, 4.69) is 27.8 Å². The Morgan fingerprint density at radius 2 is 1.50 bits per heavy atom. The minimum atomic E-state index is -1.05. The van der Waals surface area contributed by atoms with Crippen molar-refractivity contribution in [3.8, 4) is 11.8 Å². The van der Waals surface area contributed by atoms with Crippen LogP contribution in [0, 0.1) is 17.7 Å². The molecule has 3 aromatic rings. The van der Waals surface area contributed by atoms with Crippen LogP contribution < -0.4 is 27.2 Å². The number of halogens is 1. The summed E-state index contributed by atoms with van der Waals surface area (Å²) in [5, 5.41) is 17.0. The van der Waals surface area contributed by atoms with Gasteiger partial charge in [0.1, 0.15) is 11.9 Å². The van der Waals surface area contributed by atoms with Crippen LogP contribution >= 0.6 is 0 Å². The second-order valence-corrected chi connectivity index (χ2v) is 8.24. The lowest BCUT2D eigenvalue weighted by atomic mass is 10.1. The van der Waals surface area contributed by atoms with E-state index in [0.717, 1.165) is 11.1 Å². The fraction of sp³-hybridized carbons (Fsp3) is 0.179. The molecule has 1 atom stereocenters. The molecule has 3 amide bonds. The van der Waals surface area contributed by atoms with Crippen LogP contribution in [0.1, 0.15) is 27.0 Å². The van der Waals surface area contributed by atoms with Crippen molar-refractivity contribution in [2.24, 2.45) is 5.73 Å². The third-order valence-corrected chi connectivity index (χ3v) is 5.42. The number of nitrogens with two attached hydrogens (primary N) is 1. The molecule has 196 valence electrons. The number of anilines is 1. The van der Waals surface area contributed by atoms with Gasteiger partial charge in [-0.3, -0.25) is 19.6 Å². The van der Waals surface area contributed by atoms with Crippen molar-refractivity contribution in [1.82, 2.24) is 16.1 Å². The van der Waals surface area contributed by atoms with Crippen molar-refractivity contribution in [1.29, 1.82) is 0 Å². The average Bonchev–Trinajstić information content (AvgIpc) is 2.94. The van der Waals surface area contributed by atoms with Gasteiger partial charge in [0, 0.05) is 28.9 Å². The molecule has 0 unspecified atom stereocenters. The molecule has 0 aliphatic carbocycles. The molecule has 0 heterocycles. The van der Waals surface area contributed by atoms with Crippen molar-refractivity contribution in [3.05, 3.63) is 101 Å². The summed E-state index contributed by atoms with van der Waals surface area (Å²) in [6, 6.07) is 18.8. The van der Waals surface area contributed by atoms with Crippen molar-refractivity contribution >= 4 is 23.4 Å². The molecule has 0 saturated heterocycles. The van der Waals surface area contributed by atoms with Crippen molar-refractivity contribution < 1.29 is 24.0 Å². The Balaban J connectivity index is 1.45. The molecular formula is C28H28FN5O4. The van der Waals surface area contributed by atoms with Crippen LogP contribution in [0.2, 0.25) is 0 Å². The molecule has 0 aliphatic rings. The number of hydroxylamine groups is 1. The molecule has 0 aliphatic heterocycles. The standard InChI is InChI=1S/C28H28FN5O4/c29-23-11-5-21(6-12-23)15-16-31-18-26(35)32-24-13-7-20(8-14-24)2-1-19-3-9-22(10-4-19)27(36)33-25(17-30)28(37)34-38/h3-14,25,31,38H,15-18,30H2,(H,32,35)(H,33,36)(H,34,37)/t25-/m0/s1. The molecule has 0 bridgehead atoms. The van der Waals surface area contributed by atoms with E-state index in [-0.39, 0.29) is 24.8 Å². The number of carbonyl (C=O) groups excluding carboxylic acids is 3. The molecule has 10 heteroatoms. The van der Waals surface area contributed by atoms with Crippen LogP contribution in [0.4, 0.5) is 10.1 Å². The maximum atomic E-state index is 12.9. The minimum absolute atomic E-state index is 0.151. The fourth-order valence-electron chi connectivity index (χ4n) is 3.33. The maximum absolute atomic E-state index is 12.9. The highest BCUT2D eigenvalue weighted by molar-refractivity contribution is 5.97. The van der Waals surface area contributed by atoms with Crippen LogP contribution in [-0.4, -0.2) is 48.6 Å². The summed E-state index contributed by atoms with van der Waals surface area (Å²) in [6.45, 7) is 0.576. The van der Waals surface area contributed by atoms with Gasteiger partial charge in [-0.15, -0.1) is 0 Å². The highest BCUT2D eigenvalue weighted by atomic mass is 19.1. The lowest BCUT2D eigenvalue weighted by Gasteiger charge is -2.14. The summed E-state index contributed by atoms with van der Waals surface area (Å²) < 4.78 is 12.9. The number of hydrogen-bond donors (Lipinski definition) is 6. The second kappa shape index (κ2) is 14.2. The molecule has 0 aromatic heterocycles. The summed E-state index contributed by atoms with van der Waals surface area (Å²) in [6.07, 6.45) is 0.689. The van der Waals surface area contributed by atoms with Crippen molar-refractivity contribution in [2.45, 2.75) is 12.5 Å². The van der Waals surface area contributed by atoms with Crippen LogP contribution in [0.15, 0.2) is 72.8 Å². The number of carbonyl (C=O) groups is 3. The monoisotopic (exact) mass is 517 g/mol. The Kier molecular flexibility index (Phi) is 10.5. The third kappa shape index (κ3) is 8.83. The lowest BCUT2D eigenvalue weighted by molar-refractivity contribution is -0.130.